The van der Waals surface area contributed by atoms with Gasteiger partial charge in [-0.25, -0.2) is 0 Å². The van der Waals surface area contributed by atoms with Crippen LogP contribution in [-0.4, -0.2) is 26.4 Å². The molecule has 0 amide bonds. The second kappa shape index (κ2) is 14.6. The Kier molecular flexibility index (Phi) is 14.4. The van der Waals surface area contributed by atoms with Crippen molar-refractivity contribution in [2.45, 2.75) is 78.6 Å². The van der Waals surface area contributed by atoms with Crippen LogP contribution in [0, 0.1) is 5.41 Å². The minimum Gasteiger partial charge on any atom is -0.381 e. The van der Waals surface area contributed by atoms with E-state index in [4.69, 9.17) is 9.47 Å². The number of rotatable bonds is 16. The van der Waals surface area contributed by atoms with Gasteiger partial charge >= 0.3 is 0 Å². The highest BCUT2D eigenvalue weighted by molar-refractivity contribution is 4.86. The van der Waals surface area contributed by atoms with Crippen LogP contribution in [0.25, 0.3) is 0 Å². The molecule has 0 aromatic rings. The van der Waals surface area contributed by atoms with Gasteiger partial charge in [0.2, 0.25) is 0 Å². The highest BCUT2D eigenvalue weighted by Crippen LogP contribution is 2.30. The molecule has 126 valence electrons. The number of hydrogen-bond acceptors (Lipinski definition) is 2. The zero-order valence-electron chi connectivity index (χ0n) is 14.8. The highest BCUT2D eigenvalue weighted by atomic mass is 16.5. The fraction of sp³-hybridized carbons (Fsp3) is 0.895. The Morgan fingerprint density at radius 1 is 0.810 bits per heavy atom. The maximum Gasteiger partial charge on any atom is 0.0547 e. The van der Waals surface area contributed by atoms with Crippen LogP contribution in [-0.2, 0) is 9.47 Å². The molecule has 0 spiro atoms. The fourth-order valence-corrected chi connectivity index (χ4v) is 2.73. The van der Waals surface area contributed by atoms with Gasteiger partial charge in [-0.15, -0.1) is 6.58 Å². The van der Waals surface area contributed by atoms with E-state index in [-0.39, 0.29) is 5.41 Å². The summed E-state index contributed by atoms with van der Waals surface area (Å²) in [5.74, 6) is 0. The molecule has 2 heteroatoms. The SMILES string of the molecule is C=CCC(CCC)(COCCCCC)COCCCCC. The normalized spacial score (nSPS) is 11.8. The standard InChI is InChI=1S/C19H38O2/c1-5-9-11-15-20-17-19(13-7-3,14-8-4)18-21-16-12-10-6-2/h7H,3,5-6,8-18H2,1-2,4H3. The maximum absolute atomic E-state index is 5.96. The van der Waals surface area contributed by atoms with Crippen LogP contribution in [0.5, 0.6) is 0 Å². The molecule has 21 heavy (non-hydrogen) atoms. The number of ether oxygens (including phenoxy) is 2. The van der Waals surface area contributed by atoms with Gasteiger partial charge in [0, 0.05) is 18.6 Å². The molecule has 0 N–H and O–H groups in total. The highest BCUT2D eigenvalue weighted by Gasteiger charge is 2.28. The van der Waals surface area contributed by atoms with E-state index in [0.717, 1.165) is 39.3 Å². The third-order valence-electron chi connectivity index (χ3n) is 3.96. The topological polar surface area (TPSA) is 18.5 Å². The second-order valence-electron chi connectivity index (χ2n) is 6.26. The Labute approximate surface area is 133 Å². The van der Waals surface area contributed by atoms with Crippen molar-refractivity contribution in [3.63, 3.8) is 0 Å². The van der Waals surface area contributed by atoms with Gasteiger partial charge in [-0.2, -0.15) is 0 Å². The fourth-order valence-electron chi connectivity index (χ4n) is 2.73. The summed E-state index contributed by atoms with van der Waals surface area (Å²) in [6.45, 7) is 14.0. The van der Waals surface area contributed by atoms with E-state index in [9.17, 15) is 0 Å². The van der Waals surface area contributed by atoms with Gasteiger partial charge in [0.25, 0.3) is 0 Å². The van der Waals surface area contributed by atoms with Crippen LogP contribution in [0.3, 0.4) is 0 Å². The zero-order valence-corrected chi connectivity index (χ0v) is 14.8. The van der Waals surface area contributed by atoms with Gasteiger partial charge in [-0.1, -0.05) is 59.0 Å². The molecule has 2 nitrogen and oxygen atoms in total. The first-order chi connectivity index (χ1) is 10.2. The van der Waals surface area contributed by atoms with Crippen molar-refractivity contribution in [3.8, 4) is 0 Å². The van der Waals surface area contributed by atoms with Crippen molar-refractivity contribution in [1.82, 2.24) is 0 Å². The first-order valence-corrected chi connectivity index (χ1v) is 9.01. The second-order valence-corrected chi connectivity index (χ2v) is 6.26. The third-order valence-corrected chi connectivity index (χ3v) is 3.96. The molecule has 0 unspecified atom stereocenters. The molecule has 0 aromatic carbocycles. The van der Waals surface area contributed by atoms with Crippen molar-refractivity contribution in [2.75, 3.05) is 26.4 Å². The van der Waals surface area contributed by atoms with Gasteiger partial charge < -0.3 is 9.47 Å². The summed E-state index contributed by atoms with van der Waals surface area (Å²) >= 11 is 0. The van der Waals surface area contributed by atoms with Crippen molar-refractivity contribution in [2.24, 2.45) is 5.41 Å². The number of hydrogen-bond donors (Lipinski definition) is 0. The average Bonchev–Trinajstić information content (AvgIpc) is 2.47. The van der Waals surface area contributed by atoms with Crippen molar-refractivity contribution < 1.29 is 9.47 Å². The Bertz CT molecular complexity index is 212. The lowest BCUT2D eigenvalue weighted by Crippen LogP contribution is -2.32. The first kappa shape index (κ1) is 20.7. The van der Waals surface area contributed by atoms with Crippen LogP contribution in [0.15, 0.2) is 12.7 Å². The van der Waals surface area contributed by atoms with Crippen LogP contribution < -0.4 is 0 Å². The molecule has 0 aliphatic carbocycles. The molecule has 0 aliphatic heterocycles. The van der Waals surface area contributed by atoms with E-state index in [1.165, 1.54) is 44.9 Å². The van der Waals surface area contributed by atoms with E-state index >= 15 is 0 Å². The van der Waals surface area contributed by atoms with Crippen LogP contribution >= 0.6 is 0 Å². The molecule has 0 heterocycles. The number of allylic oxidation sites excluding steroid dienone is 1. The monoisotopic (exact) mass is 298 g/mol. The van der Waals surface area contributed by atoms with Crippen LogP contribution in [0.4, 0.5) is 0 Å². The minimum absolute atomic E-state index is 0.134. The predicted octanol–water partition coefficient (Wildman–Crippen LogP) is 5.76. The lowest BCUT2D eigenvalue weighted by atomic mass is 9.81. The molecule has 0 bridgehead atoms. The molecular formula is C19H38O2. The van der Waals surface area contributed by atoms with Gasteiger partial charge in [0.1, 0.15) is 0 Å². The smallest absolute Gasteiger partial charge is 0.0547 e. The number of unbranched alkanes of at least 4 members (excludes halogenated alkanes) is 4. The van der Waals surface area contributed by atoms with E-state index in [1.54, 1.807) is 0 Å². The Morgan fingerprint density at radius 3 is 1.71 bits per heavy atom. The maximum atomic E-state index is 5.96. The summed E-state index contributed by atoms with van der Waals surface area (Å²) in [7, 11) is 0. The van der Waals surface area contributed by atoms with Crippen LogP contribution in [0.2, 0.25) is 0 Å². The largest absolute Gasteiger partial charge is 0.381 e. The van der Waals surface area contributed by atoms with Crippen molar-refractivity contribution in [1.29, 1.82) is 0 Å². The van der Waals surface area contributed by atoms with Crippen molar-refractivity contribution in [3.05, 3.63) is 12.7 Å². The van der Waals surface area contributed by atoms with Crippen LogP contribution in [0.1, 0.15) is 78.6 Å². The lowest BCUT2D eigenvalue weighted by molar-refractivity contribution is -0.0279. The molecule has 0 aliphatic rings. The van der Waals surface area contributed by atoms with E-state index < -0.39 is 0 Å². The molecule has 0 aromatic heterocycles. The summed E-state index contributed by atoms with van der Waals surface area (Å²) in [4.78, 5) is 0. The molecule has 0 radical (unpaired) electrons. The molecule has 0 atom stereocenters. The zero-order chi connectivity index (χ0) is 15.8. The Balaban J connectivity index is 4.20. The summed E-state index contributed by atoms with van der Waals surface area (Å²) < 4.78 is 11.9. The molecular weight excluding hydrogens is 260 g/mol. The van der Waals surface area contributed by atoms with E-state index in [1.807, 2.05) is 6.08 Å². The summed E-state index contributed by atoms with van der Waals surface area (Å²) in [5.41, 5.74) is 0.134. The summed E-state index contributed by atoms with van der Waals surface area (Å²) in [6, 6.07) is 0. The summed E-state index contributed by atoms with van der Waals surface area (Å²) in [6.07, 6.45) is 12.7. The molecule has 0 saturated carbocycles. The summed E-state index contributed by atoms with van der Waals surface area (Å²) in [5, 5.41) is 0. The minimum atomic E-state index is 0.134. The van der Waals surface area contributed by atoms with Crippen molar-refractivity contribution >= 4 is 0 Å². The molecule has 0 fully saturated rings. The molecule has 0 rings (SSSR count). The predicted molar refractivity (Wildman–Crippen MR) is 92.8 cm³/mol. The van der Waals surface area contributed by atoms with E-state index in [2.05, 4.69) is 27.4 Å². The Morgan fingerprint density at radius 2 is 1.33 bits per heavy atom. The third kappa shape index (κ3) is 11.0. The van der Waals surface area contributed by atoms with Gasteiger partial charge in [0.05, 0.1) is 13.2 Å². The average molecular weight is 299 g/mol. The van der Waals surface area contributed by atoms with Gasteiger partial charge in [-0.05, 0) is 25.7 Å². The van der Waals surface area contributed by atoms with E-state index in [0.29, 0.717) is 0 Å². The van der Waals surface area contributed by atoms with Gasteiger partial charge in [-0.3, -0.25) is 0 Å². The first-order valence-electron chi connectivity index (χ1n) is 9.01. The molecule has 0 saturated heterocycles. The quantitative estimate of drug-likeness (QED) is 0.266. The Hall–Kier alpha value is -0.340. The lowest BCUT2D eigenvalue weighted by Gasteiger charge is -2.32. The van der Waals surface area contributed by atoms with Gasteiger partial charge in [0.15, 0.2) is 0 Å².